The minimum Gasteiger partial charge on any atom is -0.490 e. The highest BCUT2D eigenvalue weighted by atomic mass is 35.5. The molecule has 3 aromatic carbocycles. The fourth-order valence-electron chi connectivity index (χ4n) is 3.74. The minimum absolute atomic E-state index is 0.0632. The van der Waals surface area contributed by atoms with Gasteiger partial charge in [0.25, 0.3) is 16.8 Å². The van der Waals surface area contributed by atoms with Gasteiger partial charge in [0, 0.05) is 16.8 Å². The molecule has 1 aliphatic heterocycles. The second-order valence-corrected chi connectivity index (χ2v) is 10.1. The second-order valence-electron chi connectivity index (χ2n) is 8.69. The zero-order valence-corrected chi connectivity index (χ0v) is 23.6. The molecule has 0 unspecified atom stereocenters. The quantitative estimate of drug-likeness (QED) is 0.155. The molecular weight excluding hydrogens is 592 g/mol. The number of ether oxygens (including phenoxy) is 2. The molecule has 3 amide bonds. The molecule has 216 valence electrons. The van der Waals surface area contributed by atoms with Crippen LogP contribution in [0.5, 0.6) is 17.2 Å². The van der Waals surface area contributed by atoms with Gasteiger partial charge in [0.05, 0.1) is 27.4 Å². The van der Waals surface area contributed by atoms with Gasteiger partial charge in [0.15, 0.2) is 11.5 Å². The average molecular weight is 613 g/mol. The van der Waals surface area contributed by atoms with E-state index in [1.54, 1.807) is 25.1 Å². The van der Waals surface area contributed by atoms with Crippen molar-refractivity contribution in [1.29, 1.82) is 0 Å². The van der Waals surface area contributed by atoms with E-state index in [-0.39, 0.29) is 28.8 Å². The number of carbonyl (C=O) groups is 3. The standard InChI is InChI=1S/C27H21ClN4O9S/c1-3-40-23-10-16(5-8-22(23)41-21-9-7-18(31(36)37)13-20(21)32(38)39)11-24-26(34)30(27(35)42-24)14-25(33)29-17-6-4-15(2)19(28)12-17/h4-13H,3,14H2,1-2H3,(H,29,33)/b24-11+. The fourth-order valence-corrected chi connectivity index (χ4v) is 4.76. The van der Waals surface area contributed by atoms with Crippen LogP contribution >= 0.6 is 23.4 Å². The van der Waals surface area contributed by atoms with Crippen molar-refractivity contribution in [2.45, 2.75) is 13.8 Å². The number of rotatable bonds is 10. The summed E-state index contributed by atoms with van der Waals surface area (Å²) in [5.41, 5.74) is 0.598. The number of benzene rings is 3. The zero-order valence-electron chi connectivity index (χ0n) is 22.0. The van der Waals surface area contributed by atoms with Crippen LogP contribution in [0.4, 0.5) is 21.9 Å². The van der Waals surface area contributed by atoms with Crippen molar-refractivity contribution in [2.75, 3.05) is 18.5 Å². The van der Waals surface area contributed by atoms with Crippen molar-refractivity contribution in [2.24, 2.45) is 0 Å². The first-order chi connectivity index (χ1) is 20.0. The second kappa shape index (κ2) is 12.7. The predicted octanol–water partition coefficient (Wildman–Crippen LogP) is 6.33. The molecule has 4 rings (SSSR count). The summed E-state index contributed by atoms with van der Waals surface area (Å²) in [5, 5.41) is 24.9. The Kier molecular flexibility index (Phi) is 9.08. The highest BCUT2D eigenvalue weighted by Crippen LogP contribution is 2.39. The van der Waals surface area contributed by atoms with E-state index in [1.807, 2.05) is 6.92 Å². The Hall–Kier alpha value is -4.95. The number of nitrogens with zero attached hydrogens (tertiary/aromatic N) is 3. The largest absolute Gasteiger partial charge is 0.490 e. The van der Waals surface area contributed by atoms with Crippen molar-refractivity contribution in [3.05, 3.63) is 95.9 Å². The summed E-state index contributed by atoms with van der Waals surface area (Å²) < 4.78 is 11.3. The highest BCUT2D eigenvalue weighted by Gasteiger charge is 2.36. The third-order valence-corrected chi connectivity index (χ3v) is 7.08. The molecule has 1 saturated heterocycles. The predicted molar refractivity (Wildman–Crippen MR) is 155 cm³/mol. The number of anilines is 1. The lowest BCUT2D eigenvalue weighted by atomic mass is 10.1. The fraction of sp³-hybridized carbons (Fsp3) is 0.148. The minimum atomic E-state index is -0.802. The maximum Gasteiger partial charge on any atom is 0.318 e. The summed E-state index contributed by atoms with van der Waals surface area (Å²) in [5.74, 6) is -1.26. The van der Waals surface area contributed by atoms with Gasteiger partial charge in [-0.25, -0.2) is 0 Å². The van der Waals surface area contributed by atoms with Gasteiger partial charge >= 0.3 is 5.69 Å². The lowest BCUT2D eigenvalue weighted by molar-refractivity contribution is -0.394. The van der Waals surface area contributed by atoms with Crippen LogP contribution in [0.2, 0.25) is 5.02 Å². The molecule has 0 atom stereocenters. The molecular formula is C27H21ClN4O9S. The van der Waals surface area contributed by atoms with Crippen molar-refractivity contribution < 1.29 is 33.7 Å². The van der Waals surface area contributed by atoms with Gasteiger partial charge in [-0.2, -0.15) is 0 Å². The molecule has 0 bridgehead atoms. The van der Waals surface area contributed by atoms with E-state index in [4.69, 9.17) is 21.1 Å². The Morgan fingerprint density at radius 3 is 2.43 bits per heavy atom. The van der Waals surface area contributed by atoms with Gasteiger partial charge in [-0.05, 0) is 73.1 Å². The Balaban J connectivity index is 1.52. The van der Waals surface area contributed by atoms with Crippen LogP contribution in [0.3, 0.4) is 0 Å². The molecule has 0 aliphatic carbocycles. The normalized spacial score (nSPS) is 13.8. The average Bonchev–Trinajstić information content (AvgIpc) is 3.19. The Morgan fingerprint density at radius 1 is 1.02 bits per heavy atom. The molecule has 0 saturated carbocycles. The number of nitro groups is 2. The van der Waals surface area contributed by atoms with E-state index in [0.717, 1.165) is 28.7 Å². The molecule has 0 aromatic heterocycles. The number of nitrogens with one attached hydrogen (secondary N) is 1. The van der Waals surface area contributed by atoms with Crippen LogP contribution in [0, 0.1) is 27.2 Å². The van der Waals surface area contributed by atoms with Gasteiger partial charge in [-0.1, -0.05) is 23.7 Å². The molecule has 1 heterocycles. The number of hydrogen-bond acceptors (Lipinski definition) is 10. The molecule has 42 heavy (non-hydrogen) atoms. The summed E-state index contributed by atoms with van der Waals surface area (Å²) >= 11 is 6.74. The number of carbonyl (C=O) groups excluding carboxylic acids is 3. The number of hydrogen-bond donors (Lipinski definition) is 1. The van der Waals surface area contributed by atoms with Crippen LogP contribution in [-0.2, 0) is 9.59 Å². The lowest BCUT2D eigenvalue weighted by Crippen LogP contribution is -2.36. The maximum atomic E-state index is 12.9. The number of aryl methyl sites for hydroxylation is 1. The number of nitro benzene ring substituents is 2. The van der Waals surface area contributed by atoms with Crippen LogP contribution in [0.15, 0.2) is 59.5 Å². The Morgan fingerprint density at radius 2 is 1.76 bits per heavy atom. The van der Waals surface area contributed by atoms with E-state index < -0.39 is 44.8 Å². The monoisotopic (exact) mass is 612 g/mol. The maximum absolute atomic E-state index is 12.9. The van der Waals surface area contributed by atoms with E-state index in [1.165, 1.54) is 24.3 Å². The molecule has 1 fully saturated rings. The molecule has 0 radical (unpaired) electrons. The van der Waals surface area contributed by atoms with Crippen molar-refractivity contribution in [3.63, 3.8) is 0 Å². The molecule has 3 aromatic rings. The number of thioether (sulfide) groups is 1. The molecule has 1 aliphatic rings. The molecule has 13 nitrogen and oxygen atoms in total. The van der Waals surface area contributed by atoms with Crippen LogP contribution < -0.4 is 14.8 Å². The summed E-state index contributed by atoms with van der Waals surface area (Å²) in [6, 6.07) is 12.4. The third kappa shape index (κ3) is 6.85. The number of halogens is 1. The van der Waals surface area contributed by atoms with Crippen molar-refractivity contribution >= 4 is 63.6 Å². The number of imide groups is 1. The highest BCUT2D eigenvalue weighted by molar-refractivity contribution is 8.18. The van der Waals surface area contributed by atoms with E-state index >= 15 is 0 Å². The molecule has 15 heteroatoms. The number of non-ortho nitro benzene ring substituents is 1. The smallest absolute Gasteiger partial charge is 0.318 e. The topological polar surface area (TPSA) is 171 Å². The summed E-state index contributed by atoms with van der Waals surface area (Å²) in [7, 11) is 0. The van der Waals surface area contributed by atoms with Gasteiger partial charge < -0.3 is 14.8 Å². The van der Waals surface area contributed by atoms with Crippen LogP contribution in [-0.4, -0.2) is 45.0 Å². The Bertz CT molecular complexity index is 1660. The van der Waals surface area contributed by atoms with Crippen LogP contribution in [0.25, 0.3) is 6.08 Å². The van der Waals surface area contributed by atoms with Crippen LogP contribution in [0.1, 0.15) is 18.1 Å². The van der Waals surface area contributed by atoms with Gasteiger partial charge in [-0.3, -0.25) is 39.5 Å². The summed E-state index contributed by atoms with van der Waals surface area (Å²) in [6.45, 7) is 3.20. The van der Waals surface area contributed by atoms with E-state index in [0.29, 0.717) is 28.0 Å². The summed E-state index contributed by atoms with van der Waals surface area (Å²) in [4.78, 5) is 59.8. The molecule has 1 N–H and O–H groups in total. The van der Waals surface area contributed by atoms with Crippen molar-refractivity contribution in [3.8, 4) is 17.2 Å². The van der Waals surface area contributed by atoms with Gasteiger partial charge in [0.2, 0.25) is 11.7 Å². The lowest BCUT2D eigenvalue weighted by Gasteiger charge is -2.13. The van der Waals surface area contributed by atoms with E-state index in [2.05, 4.69) is 5.32 Å². The first kappa shape index (κ1) is 30.0. The van der Waals surface area contributed by atoms with Crippen molar-refractivity contribution in [1.82, 2.24) is 4.90 Å². The Labute approximate surface area is 247 Å². The SMILES string of the molecule is CCOc1cc(/C=C2/SC(=O)N(CC(=O)Nc3ccc(C)c(Cl)c3)C2=O)ccc1Oc1ccc([N+](=O)[O-])cc1[N+](=O)[O-]. The molecule has 0 spiro atoms. The zero-order chi connectivity index (χ0) is 30.6. The van der Waals surface area contributed by atoms with Gasteiger partial charge in [0.1, 0.15) is 6.54 Å². The first-order valence-electron chi connectivity index (χ1n) is 12.2. The number of amides is 3. The van der Waals surface area contributed by atoms with E-state index in [9.17, 15) is 34.6 Å². The first-order valence-corrected chi connectivity index (χ1v) is 13.3. The summed E-state index contributed by atoms with van der Waals surface area (Å²) in [6.07, 6.45) is 1.43. The van der Waals surface area contributed by atoms with Gasteiger partial charge in [-0.15, -0.1) is 0 Å². The third-order valence-electron chi connectivity index (χ3n) is 5.77.